The fraction of sp³-hybridized carbons (Fsp3) is 0.533. The Hall–Kier alpha value is -1.33. The molecule has 0 aliphatic carbocycles. The molecular weight excluding hydrogens is 291 g/mol. The highest BCUT2D eigenvalue weighted by molar-refractivity contribution is 6.30. The van der Waals surface area contributed by atoms with Gasteiger partial charge in [0.25, 0.3) is 0 Å². The van der Waals surface area contributed by atoms with Crippen LogP contribution in [-0.2, 0) is 0 Å². The molecule has 0 amide bonds. The highest BCUT2D eigenvalue weighted by atomic mass is 35.5. The van der Waals surface area contributed by atoms with Crippen LogP contribution >= 0.6 is 11.6 Å². The first-order valence-corrected chi connectivity index (χ1v) is 7.81. The van der Waals surface area contributed by atoms with Crippen LogP contribution in [0.15, 0.2) is 24.2 Å². The van der Waals surface area contributed by atoms with Gasteiger partial charge in [0.15, 0.2) is 11.6 Å². The number of hydrogen-bond acceptors (Lipinski definition) is 4. The normalized spacial score (nSPS) is 33.9. The molecule has 1 aromatic rings. The van der Waals surface area contributed by atoms with E-state index in [2.05, 4.69) is 26.6 Å². The lowest BCUT2D eigenvalue weighted by atomic mass is 9.72. The monoisotopic (exact) mass is 308 g/mol. The van der Waals surface area contributed by atoms with E-state index in [9.17, 15) is 4.39 Å². The SMILES string of the molecule is Fc1cc(Cl)cnc1NC1=CC[C@@]2(CN3CCC2CC3)N1. The van der Waals surface area contributed by atoms with Crippen LogP contribution < -0.4 is 10.6 Å². The van der Waals surface area contributed by atoms with E-state index >= 15 is 0 Å². The number of fused-ring (bicyclic) bond motifs is 2. The van der Waals surface area contributed by atoms with Crippen molar-refractivity contribution < 1.29 is 4.39 Å². The molecule has 6 heteroatoms. The molecule has 21 heavy (non-hydrogen) atoms. The number of pyridine rings is 1. The highest BCUT2D eigenvalue weighted by Gasteiger charge is 2.48. The first-order valence-electron chi connectivity index (χ1n) is 7.43. The molecule has 3 fully saturated rings. The molecule has 0 radical (unpaired) electrons. The Labute approximate surface area is 128 Å². The summed E-state index contributed by atoms with van der Waals surface area (Å²) in [5.74, 6) is 1.36. The van der Waals surface area contributed by atoms with Gasteiger partial charge in [-0.3, -0.25) is 0 Å². The first-order chi connectivity index (χ1) is 10.1. The third kappa shape index (κ3) is 2.28. The van der Waals surface area contributed by atoms with Gasteiger partial charge in [-0.25, -0.2) is 9.37 Å². The standard InChI is InChI=1S/C15H18ClFN4/c16-11-7-12(17)14(18-8-11)19-13-1-4-15(20-13)9-21-5-2-10(15)3-6-21/h1,7-8,10,20H,2-6,9H2,(H,18,19)/t15-/m0/s1. The number of aromatic nitrogens is 1. The van der Waals surface area contributed by atoms with Gasteiger partial charge in [-0.15, -0.1) is 0 Å². The van der Waals surface area contributed by atoms with E-state index in [0.717, 1.165) is 18.8 Å². The first kappa shape index (κ1) is 13.3. The zero-order valence-electron chi connectivity index (χ0n) is 11.7. The van der Waals surface area contributed by atoms with E-state index in [-0.39, 0.29) is 11.4 Å². The lowest BCUT2D eigenvalue weighted by molar-refractivity contribution is 0.0189. The number of piperidine rings is 3. The van der Waals surface area contributed by atoms with Gasteiger partial charge in [-0.1, -0.05) is 11.6 Å². The predicted octanol–water partition coefficient (Wildman–Crippen LogP) is 2.59. The molecule has 4 nitrogen and oxygen atoms in total. The zero-order valence-corrected chi connectivity index (χ0v) is 12.5. The Morgan fingerprint density at radius 3 is 2.90 bits per heavy atom. The number of hydrogen-bond donors (Lipinski definition) is 2. The zero-order chi connectivity index (χ0) is 14.4. The van der Waals surface area contributed by atoms with Gasteiger partial charge in [-0.05, 0) is 50.4 Å². The molecule has 2 N–H and O–H groups in total. The Morgan fingerprint density at radius 1 is 1.43 bits per heavy atom. The van der Waals surface area contributed by atoms with Crippen LogP contribution in [0.25, 0.3) is 0 Å². The quantitative estimate of drug-likeness (QED) is 0.881. The molecule has 0 aromatic carbocycles. The van der Waals surface area contributed by atoms with Crippen LogP contribution in [0.4, 0.5) is 10.2 Å². The lowest BCUT2D eigenvalue weighted by Gasteiger charge is -2.52. The van der Waals surface area contributed by atoms with Crippen molar-refractivity contribution in [3.63, 3.8) is 0 Å². The van der Waals surface area contributed by atoms with Crippen molar-refractivity contribution >= 4 is 17.4 Å². The van der Waals surface area contributed by atoms with Gasteiger partial charge in [-0.2, -0.15) is 0 Å². The lowest BCUT2D eigenvalue weighted by Crippen LogP contribution is -2.64. The van der Waals surface area contributed by atoms with Gasteiger partial charge in [0, 0.05) is 12.7 Å². The second-order valence-corrected chi connectivity index (χ2v) is 6.70. The van der Waals surface area contributed by atoms with Crippen molar-refractivity contribution in [2.75, 3.05) is 25.0 Å². The molecular formula is C15H18ClFN4. The molecule has 5 heterocycles. The van der Waals surface area contributed by atoms with Crippen molar-refractivity contribution in [3.8, 4) is 0 Å². The van der Waals surface area contributed by atoms with Crippen LogP contribution in [0.2, 0.25) is 5.02 Å². The minimum absolute atomic E-state index is 0.127. The average Bonchev–Trinajstić information content (AvgIpc) is 2.86. The summed E-state index contributed by atoms with van der Waals surface area (Å²) in [6.45, 7) is 3.50. The maximum Gasteiger partial charge on any atom is 0.167 e. The third-order valence-electron chi connectivity index (χ3n) is 4.99. The largest absolute Gasteiger partial charge is 0.365 e. The molecule has 112 valence electrons. The van der Waals surface area contributed by atoms with E-state index < -0.39 is 5.82 Å². The molecule has 1 spiro atoms. The fourth-order valence-electron chi connectivity index (χ4n) is 3.92. The Bertz CT molecular complexity index is 597. The Balaban J connectivity index is 1.49. The number of halogens is 2. The molecule has 1 atom stereocenters. The topological polar surface area (TPSA) is 40.2 Å². The summed E-state index contributed by atoms with van der Waals surface area (Å²) in [5, 5.41) is 6.96. The second-order valence-electron chi connectivity index (χ2n) is 6.26. The summed E-state index contributed by atoms with van der Waals surface area (Å²) in [7, 11) is 0. The van der Waals surface area contributed by atoms with Crippen molar-refractivity contribution in [2.24, 2.45) is 5.92 Å². The molecule has 5 rings (SSSR count). The van der Waals surface area contributed by atoms with E-state index in [4.69, 9.17) is 11.6 Å². The molecule has 4 aliphatic rings. The van der Waals surface area contributed by atoms with Crippen LogP contribution in [0, 0.1) is 11.7 Å². The minimum atomic E-state index is -0.430. The summed E-state index contributed by atoms with van der Waals surface area (Å²) in [6, 6.07) is 1.27. The summed E-state index contributed by atoms with van der Waals surface area (Å²) < 4.78 is 13.8. The molecule has 4 aliphatic heterocycles. The predicted molar refractivity (Wildman–Crippen MR) is 80.6 cm³/mol. The minimum Gasteiger partial charge on any atom is -0.365 e. The average molecular weight is 309 g/mol. The van der Waals surface area contributed by atoms with Crippen LogP contribution in [0.3, 0.4) is 0 Å². The van der Waals surface area contributed by atoms with E-state index in [0.29, 0.717) is 10.9 Å². The van der Waals surface area contributed by atoms with Gasteiger partial charge in [0.05, 0.1) is 10.6 Å². The van der Waals surface area contributed by atoms with E-state index in [1.165, 1.54) is 38.2 Å². The fourth-order valence-corrected chi connectivity index (χ4v) is 4.06. The molecule has 0 saturated carbocycles. The number of anilines is 1. The number of nitrogens with one attached hydrogen (secondary N) is 2. The second kappa shape index (κ2) is 4.85. The maximum atomic E-state index is 13.8. The van der Waals surface area contributed by atoms with Crippen LogP contribution in [-0.4, -0.2) is 35.1 Å². The third-order valence-corrected chi connectivity index (χ3v) is 5.20. The summed E-state index contributed by atoms with van der Waals surface area (Å²) in [5.41, 5.74) is 0.127. The number of rotatable bonds is 2. The summed E-state index contributed by atoms with van der Waals surface area (Å²) in [6.07, 6.45) is 7.07. The van der Waals surface area contributed by atoms with Crippen molar-refractivity contribution in [1.29, 1.82) is 0 Å². The highest BCUT2D eigenvalue weighted by Crippen LogP contribution is 2.41. The van der Waals surface area contributed by atoms with Crippen molar-refractivity contribution in [2.45, 2.75) is 24.8 Å². The summed E-state index contributed by atoms with van der Waals surface area (Å²) in [4.78, 5) is 6.53. The van der Waals surface area contributed by atoms with Crippen LogP contribution in [0.5, 0.6) is 0 Å². The van der Waals surface area contributed by atoms with E-state index in [1.807, 2.05) is 0 Å². The molecule has 1 aromatic heterocycles. The summed E-state index contributed by atoms with van der Waals surface area (Å²) >= 11 is 5.73. The molecule has 0 unspecified atom stereocenters. The van der Waals surface area contributed by atoms with Gasteiger partial charge in [0.2, 0.25) is 0 Å². The van der Waals surface area contributed by atoms with Crippen molar-refractivity contribution in [3.05, 3.63) is 35.0 Å². The van der Waals surface area contributed by atoms with Gasteiger partial charge < -0.3 is 15.5 Å². The maximum absolute atomic E-state index is 13.8. The molecule has 2 bridgehead atoms. The Morgan fingerprint density at radius 2 is 2.24 bits per heavy atom. The van der Waals surface area contributed by atoms with Gasteiger partial charge >= 0.3 is 0 Å². The van der Waals surface area contributed by atoms with Crippen LogP contribution in [0.1, 0.15) is 19.3 Å². The smallest absolute Gasteiger partial charge is 0.167 e. The van der Waals surface area contributed by atoms with Crippen molar-refractivity contribution in [1.82, 2.24) is 15.2 Å². The Kier molecular flexibility index (Phi) is 3.08. The van der Waals surface area contributed by atoms with E-state index in [1.54, 1.807) is 0 Å². The number of nitrogens with zero attached hydrogens (tertiary/aromatic N) is 2. The van der Waals surface area contributed by atoms with Gasteiger partial charge in [0.1, 0.15) is 5.82 Å². The molecule has 3 saturated heterocycles.